The van der Waals surface area contributed by atoms with E-state index in [1.807, 2.05) is 6.07 Å². The van der Waals surface area contributed by atoms with Crippen LogP contribution in [-0.4, -0.2) is 30.3 Å². The van der Waals surface area contributed by atoms with Crippen LogP contribution in [0.3, 0.4) is 0 Å². The highest BCUT2D eigenvalue weighted by molar-refractivity contribution is 6.08. The summed E-state index contributed by atoms with van der Waals surface area (Å²) >= 11 is 0. The van der Waals surface area contributed by atoms with E-state index in [1.165, 1.54) is 17.0 Å². The lowest BCUT2D eigenvalue weighted by molar-refractivity contribution is -0.138. The predicted octanol–water partition coefficient (Wildman–Crippen LogP) is 3.70. The molecule has 1 aliphatic rings. The second-order valence-corrected chi connectivity index (χ2v) is 7.00. The molecule has 0 unspecified atom stereocenters. The Morgan fingerprint density at radius 1 is 1.21 bits per heavy atom. The average Bonchev–Trinajstić information content (AvgIpc) is 2.97. The number of hydrogen-bond acceptors (Lipinski definition) is 3. The zero-order valence-corrected chi connectivity index (χ0v) is 15.7. The number of rotatable bonds is 3. The van der Waals surface area contributed by atoms with Crippen molar-refractivity contribution in [2.75, 3.05) is 18.9 Å². The van der Waals surface area contributed by atoms with Crippen LogP contribution in [0.5, 0.6) is 0 Å². The molecule has 150 valence electrons. The number of likely N-dealkylation sites (N-methyl/N-ethyl adjacent to an activating group) is 1. The lowest BCUT2D eigenvalue weighted by Crippen LogP contribution is -2.33. The van der Waals surface area contributed by atoms with E-state index in [1.54, 1.807) is 32.2 Å². The maximum absolute atomic E-state index is 12.9. The third-order valence-electron chi connectivity index (χ3n) is 5.18. The second-order valence-electron chi connectivity index (χ2n) is 7.00. The molecule has 3 rings (SSSR count). The van der Waals surface area contributed by atoms with Crippen LogP contribution in [0, 0.1) is 24.2 Å². The van der Waals surface area contributed by atoms with Crippen molar-refractivity contribution in [2.45, 2.75) is 19.0 Å². The topological polar surface area (TPSA) is 73.2 Å². The number of nitriles is 1. The zero-order chi connectivity index (χ0) is 21.3. The van der Waals surface area contributed by atoms with E-state index in [9.17, 15) is 22.8 Å². The van der Waals surface area contributed by atoms with E-state index in [-0.39, 0.29) is 6.54 Å². The van der Waals surface area contributed by atoms with Crippen molar-refractivity contribution in [3.05, 3.63) is 64.7 Å². The summed E-state index contributed by atoms with van der Waals surface area (Å²) in [4.78, 5) is 26.9. The molecule has 1 N–H and O–H groups in total. The lowest BCUT2D eigenvalue weighted by atomic mass is 9.87. The number of nitrogens with zero attached hydrogens (tertiary/aromatic N) is 2. The fourth-order valence-electron chi connectivity index (χ4n) is 3.51. The van der Waals surface area contributed by atoms with E-state index in [2.05, 4.69) is 5.32 Å². The van der Waals surface area contributed by atoms with Crippen molar-refractivity contribution in [1.29, 1.82) is 5.26 Å². The van der Waals surface area contributed by atoms with E-state index in [0.717, 1.165) is 12.1 Å². The van der Waals surface area contributed by atoms with Crippen molar-refractivity contribution in [2.24, 2.45) is 5.92 Å². The number of benzene rings is 2. The monoisotopic (exact) mass is 401 g/mol. The van der Waals surface area contributed by atoms with Gasteiger partial charge in [0.15, 0.2) is 0 Å². The SMILES string of the molecule is Cc1c(C#N)cccc1NC(=O)[C@H]1C(=O)N(C)C[C@@H]1c1ccc(C(F)(F)F)cc1. The minimum Gasteiger partial charge on any atom is -0.344 e. The number of halogens is 3. The van der Waals surface area contributed by atoms with Crippen molar-refractivity contribution >= 4 is 17.5 Å². The van der Waals surface area contributed by atoms with Gasteiger partial charge < -0.3 is 10.2 Å². The van der Waals surface area contributed by atoms with Crippen LogP contribution >= 0.6 is 0 Å². The Balaban J connectivity index is 1.89. The molecule has 29 heavy (non-hydrogen) atoms. The molecule has 1 heterocycles. The summed E-state index contributed by atoms with van der Waals surface area (Å²) in [5, 5.41) is 11.8. The number of carbonyl (C=O) groups excluding carboxylic acids is 2. The van der Waals surface area contributed by atoms with Gasteiger partial charge in [0.05, 0.1) is 17.2 Å². The summed E-state index contributed by atoms with van der Waals surface area (Å²) in [6.45, 7) is 1.91. The Labute approximate surface area is 165 Å². The van der Waals surface area contributed by atoms with Gasteiger partial charge in [-0.1, -0.05) is 18.2 Å². The number of nitrogens with one attached hydrogen (secondary N) is 1. The first-order valence-electron chi connectivity index (χ1n) is 8.86. The Morgan fingerprint density at radius 2 is 1.86 bits per heavy atom. The van der Waals surface area contributed by atoms with Crippen LogP contribution < -0.4 is 5.32 Å². The van der Waals surface area contributed by atoms with Gasteiger partial charge in [-0.25, -0.2) is 0 Å². The van der Waals surface area contributed by atoms with Gasteiger partial charge in [0.25, 0.3) is 0 Å². The third-order valence-corrected chi connectivity index (χ3v) is 5.18. The summed E-state index contributed by atoms with van der Waals surface area (Å²) in [5.74, 6) is -2.60. The fourth-order valence-corrected chi connectivity index (χ4v) is 3.51. The highest BCUT2D eigenvalue weighted by Gasteiger charge is 2.44. The Bertz CT molecular complexity index is 994. The van der Waals surface area contributed by atoms with Crippen LogP contribution in [0.15, 0.2) is 42.5 Å². The van der Waals surface area contributed by atoms with E-state index in [4.69, 9.17) is 5.26 Å². The first-order valence-corrected chi connectivity index (χ1v) is 8.86. The van der Waals surface area contributed by atoms with Crippen LogP contribution in [0.2, 0.25) is 0 Å². The molecular formula is C21H18F3N3O2. The largest absolute Gasteiger partial charge is 0.416 e. The van der Waals surface area contributed by atoms with Gasteiger partial charge in [0.2, 0.25) is 11.8 Å². The second kappa shape index (κ2) is 7.59. The molecule has 0 radical (unpaired) electrons. The molecule has 0 spiro atoms. The standard InChI is InChI=1S/C21H18F3N3O2/c1-12-14(10-25)4-3-5-17(12)26-19(28)18-16(11-27(2)20(18)29)13-6-8-15(9-7-13)21(22,23)24/h3-9,16,18H,11H2,1-2H3,(H,26,28)/t16-,18+/m1/s1. The van der Waals surface area contributed by atoms with Crippen molar-refractivity contribution in [3.8, 4) is 6.07 Å². The van der Waals surface area contributed by atoms with E-state index < -0.39 is 35.4 Å². The van der Waals surface area contributed by atoms with Crippen molar-refractivity contribution < 1.29 is 22.8 Å². The average molecular weight is 401 g/mol. The maximum Gasteiger partial charge on any atom is 0.416 e. The number of alkyl halides is 3. The van der Waals surface area contributed by atoms with Crippen molar-refractivity contribution in [1.82, 2.24) is 4.90 Å². The molecule has 1 aliphatic heterocycles. The minimum atomic E-state index is -4.46. The zero-order valence-electron chi connectivity index (χ0n) is 15.7. The molecule has 0 bridgehead atoms. The van der Waals surface area contributed by atoms with Crippen LogP contribution in [0.4, 0.5) is 18.9 Å². The fraction of sp³-hybridized carbons (Fsp3) is 0.286. The maximum atomic E-state index is 12.9. The Morgan fingerprint density at radius 3 is 2.45 bits per heavy atom. The number of anilines is 1. The van der Waals surface area contributed by atoms with Gasteiger partial charge in [0.1, 0.15) is 5.92 Å². The molecule has 8 heteroatoms. The number of carbonyl (C=O) groups is 2. The molecule has 0 aromatic heterocycles. The summed E-state index contributed by atoms with van der Waals surface area (Å²) in [6, 6.07) is 11.4. The first-order chi connectivity index (χ1) is 13.6. The highest BCUT2D eigenvalue weighted by Crippen LogP contribution is 2.36. The van der Waals surface area contributed by atoms with Crippen LogP contribution in [0.25, 0.3) is 0 Å². The summed E-state index contributed by atoms with van der Waals surface area (Å²) in [6.07, 6.45) is -4.46. The number of hydrogen-bond donors (Lipinski definition) is 1. The van der Waals surface area contributed by atoms with Gasteiger partial charge in [-0.2, -0.15) is 18.4 Å². The lowest BCUT2D eigenvalue weighted by Gasteiger charge is -2.18. The van der Waals surface area contributed by atoms with Gasteiger partial charge in [0, 0.05) is 25.2 Å². The van der Waals surface area contributed by atoms with Gasteiger partial charge in [-0.3, -0.25) is 9.59 Å². The molecule has 2 aromatic carbocycles. The van der Waals surface area contributed by atoms with Gasteiger partial charge in [-0.05, 0) is 42.3 Å². The predicted molar refractivity (Wildman–Crippen MR) is 99.8 cm³/mol. The number of amides is 2. The molecule has 5 nitrogen and oxygen atoms in total. The summed E-state index contributed by atoms with van der Waals surface area (Å²) in [7, 11) is 1.55. The van der Waals surface area contributed by atoms with Crippen molar-refractivity contribution in [3.63, 3.8) is 0 Å². The minimum absolute atomic E-state index is 0.222. The van der Waals surface area contributed by atoms with Crippen LogP contribution in [0.1, 0.15) is 28.2 Å². The molecule has 1 fully saturated rings. The molecule has 2 atom stereocenters. The molecule has 2 amide bonds. The number of likely N-dealkylation sites (tertiary alicyclic amines) is 1. The first kappa shape index (κ1) is 20.4. The molecular weight excluding hydrogens is 383 g/mol. The summed E-state index contributed by atoms with van der Waals surface area (Å²) < 4.78 is 38.5. The van der Waals surface area contributed by atoms with Crippen LogP contribution in [-0.2, 0) is 15.8 Å². The molecule has 0 aliphatic carbocycles. The molecule has 1 saturated heterocycles. The Hall–Kier alpha value is -3.34. The Kier molecular flexibility index (Phi) is 5.33. The molecule has 0 saturated carbocycles. The summed E-state index contributed by atoms with van der Waals surface area (Å²) in [5.41, 5.74) is 1.09. The highest BCUT2D eigenvalue weighted by atomic mass is 19.4. The molecule has 2 aromatic rings. The normalized spacial score (nSPS) is 19.2. The quantitative estimate of drug-likeness (QED) is 0.798. The van der Waals surface area contributed by atoms with Gasteiger partial charge >= 0.3 is 6.18 Å². The smallest absolute Gasteiger partial charge is 0.344 e. The third kappa shape index (κ3) is 3.94. The van der Waals surface area contributed by atoms with Gasteiger partial charge in [-0.15, -0.1) is 0 Å². The van der Waals surface area contributed by atoms with E-state index in [0.29, 0.717) is 22.4 Å². The van der Waals surface area contributed by atoms with E-state index >= 15 is 0 Å².